The number of likely N-dealkylation sites (tertiary alicyclic amines) is 1. The van der Waals surface area contributed by atoms with Crippen LogP contribution in [0, 0.1) is 0 Å². The summed E-state index contributed by atoms with van der Waals surface area (Å²) in [6, 6.07) is 12.7. The predicted octanol–water partition coefficient (Wildman–Crippen LogP) is 2.42. The Kier molecular flexibility index (Phi) is 7.20. The van der Waals surface area contributed by atoms with E-state index in [-0.39, 0.29) is 11.8 Å². The molecule has 1 N–H and O–H groups in total. The summed E-state index contributed by atoms with van der Waals surface area (Å²) in [5.41, 5.74) is 0.270. The molecule has 31 heavy (non-hydrogen) atoms. The Labute approximate surface area is 184 Å². The second-order valence-electron chi connectivity index (χ2n) is 8.09. The van der Waals surface area contributed by atoms with E-state index in [1.54, 1.807) is 21.3 Å². The van der Waals surface area contributed by atoms with E-state index in [4.69, 9.17) is 14.2 Å². The molecule has 0 aliphatic carbocycles. The maximum atomic E-state index is 12.7. The number of methoxy groups -OCH3 is 3. The number of ether oxygens (including phenoxy) is 3. The molecule has 2 atom stereocenters. The summed E-state index contributed by atoms with van der Waals surface area (Å²) in [6.07, 6.45) is 0.469. The van der Waals surface area contributed by atoms with Crippen molar-refractivity contribution in [2.75, 3.05) is 55.1 Å². The fourth-order valence-electron chi connectivity index (χ4n) is 4.30. The van der Waals surface area contributed by atoms with Crippen molar-refractivity contribution >= 4 is 5.78 Å². The standard InChI is InChI=1S/C24H32N2O5/c1-25(2)22-16-26(15-19(27)17-9-7-6-8-10-17)12-11-24(22,28)18-13-20(29-3)23(31-5)21(14-18)30-4/h6-10,13-14,22,28H,11-12,15-16H2,1-5H3. The number of rotatable bonds is 8. The van der Waals surface area contributed by atoms with Crippen molar-refractivity contribution in [3.63, 3.8) is 0 Å². The molecule has 7 nitrogen and oxygen atoms in total. The number of ketones is 1. The number of Topliss-reactive ketones (excluding diaryl/α,β-unsaturated/α-hetero) is 1. The van der Waals surface area contributed by atoms with Crippen LogP contribution in [-0.4, -0.2) is 81.8 Å². The molecule has 0 bridgehead atoms. The third-order valence-corrected chi connectivity index (χ3v) is 6.04. The van der Waals surface area contributed by atoms with Crippen LogP contribution in [0.15, 0.2) is 42.5 Å². The Morgan fingerprint density at radius 1 is 1.10 bits per heavy atom. The van der Waals surface area contributed by atoms with E-state index in [0.29, 0.717) is 54.4 Å². The van der Waals surface area contributed by atoms with Crippen molar-refractivity contribution in [3.8, 4) is 17.2 Å². The summed E-state index contributed by atoms with van der Waals surface area (Å²) in [4.78, 5) is 16.8. The van der Waals surface area contributed by atoms with Crippen LogP contribution in [0.25, 0.3) is 0 Å². The van der Waals surface area contributed by atoms with Crippen molar-refractivity contribution in [2.24, 2.45) is 0 Å². The molecular formula is C24H32N2O5. The molecule has 0 amide bonds. The van der Waals surface area contributed by atoms with E-state index < -0.39 is 5.60 Å². The fraction of sp³-hybridized carbons (Fsp3) is 0.458. The van der Waals surface area contributed by atoms with Crippen molar-refractivity contribution in [1.82, 2.24) is 9.80 Å². The molecule has 2 unspecified atom stereocenters. The van der Waals surface area contributed by atoms with E-state index in [1.165, 1.54) is 0 Å². The number of piperidine rings is 1. The molecule has 1 saturated heterocycles. The quantitative estimate of drug-likeness (QED) is 0.648. The van der Waals surface area contributed by atoms with Gasteiger partial charge in [0.05, 0.1) is 33.9 Å². The van der Waals surface area contributed by atoms with Crippen LogP contribution < -0.4 is 14.2 Å². The highest BCUT2D eigenvalue weighted by molar-refractivity contribution is 5.97. The molecule has 1 fully saturated rings. The van der Waals surface area contributed by atoms with Gasteiger partial charge in [-0.3, -0.25) is 9.69 Å². The van der Waals surface area contributed by atoms with Gasteiger partial charge in [0.15, 0.2) is 17.3 Å². The summed E-state index contributed by atoms with van der Waals surface area (Å²) < 4.78 is 16.4. The highest BCUT2D eigenvalue weighted by Crippen LogP contribution is 2.44. The number of hydrogen-bond donors (Lipinski definition) is 1. The molecule has 0 spiro atoms. The van der Waals surface area contributed by atoms with E-state index in [1.807, 2.05) is 61.5 Å². The van der Waals surface area contributed by atoms with Crippen LogP contribution in [0.3, 0.4) is 0 Å². The minimum Gasteiger partial charge on any atom is -0.493 e. The average molecular weight is 429 g/mol. The zero-order chi connectivity index (χ0) is 22.6. The summed E-state index contributed by atoms with van der Waals surface area (Å²) in [6.45, 7) is 1.47. The molecule has 2 aromatic carbocycles. The van der Waals surface area contributed by atoms with Gasteiger partial charge in [0, 0.05) is 18.7 Å². The van der Waals surface area contributed by atoms with Crippen LogP contribution in [0.1, 0.15) is 22.3 Å². The van der Waals surface area contributed by atoms with Gasteiger partial charge in [-0.05, 0) is 38.2 Å². The predicted molar refractivity (Wildman–Crippen MR) is 119 cm³/mol. The molecule has 0 aromatic heterocycles. The number of carbonyl (C=O) groups excluding carboxylic acids is 1. The van der Waals surface area contributed by atoms with E-state index in [9.17, 15) is 9.90 Å². The molecule has 1 aliphatic heterocycles. The van der Waals surface area contributed by atoms with Gasteiger partial charge in [0.2, 0.25) is 5.75 Å². The molecule has 7 heteroatoms. The summed E-state index contributed by atoms with van der Waals surface area (Å²) in [5.74, 6) is 1.58. The lowest BCUT2D eigenvalue weighted by Crippen LogP contribution is -2.59. The van der Waals surface area contributed by atoms with Gasteiger partial charge in [0.25, 0.3) is 0 Å². The first kappa shape index (κ1) is 23.1. The molecule has 0 radical (unpaired) electrons. The van der Waals surface area contributed by atoms with Gasteiger partial charge in [-0.25, -0.2) is 0 Å². The molecule has 3 rings (SSSR count). The van der Waals surface area contributed by atoms with Gasteiger partial charge in [-0.1, -0.05) is 30.3 Å². The smallest absolute Gasteiger partial charge is 0.203 e. The first-order valence-electron chi connectivity index (χ1n) is 10.3. The molecule has 1 heterocycles. The summed E-state index contributed by atoms with van der Waals surface area (Å²) in [7, 11) is 8.56. The van der Waals surface area contributed by atoms with Gasteiger partial charge in [-0.2, -0.15) is 0 Å². The molecule has 2 aromatic rings. The lowest BCUT2D eigenvalue weighted by molar-refractivity contribution is -0.0862. The number of nitrogens with zero attached hydrogens (tertiary/aromatic N) is 2. The number of carbonyl (C=O) groups is 1. The topological polar surface area (TPSA) is 71.5 Å². The van der Waals surface area contributed by atoms with E-state index in [0.717, 1.165) is 0 Å². The minimum atomic E-state index is -1.14. The number of benzene rings is 2. The Bertz CT molecular complexity index is 877. The van der Waals surface area contributed by atoms with Crippen molar-refractivity contribution < 1.29 is 24.1 Å². The highest BCUT2D eigenvalue weighted by Gasteiger charge is 2.45. The largest absolute Gasteiger partial charge is 0.493 e. The van der Waals surface area contributed by atoms with Crippen molar-refractivity contribution in [3.05, 3.63) is 53.6 Å². The number of aliphatic hydroxyl groups is 1. The first-order chi connectivity index (χ1) is 14.8. The van der Waals surface area contributed by atoms with Crippen molar-refractivity contribution in [2.45, 2.75) is 18.1 Å². The SMILES string of the molecule is COc1cc(C2(O)CCN(CC(=O)c3ccccc3)CC2N(C)C)cc(OC)c1OC. The Balaban J connectivity index is 1.87. The normalized spacial score (nSPS) is 21.7. The monoisotopic (exact) mass is 428 g/mol. The highest BCUT2D eigenvalue weighted by atomic mass is 16.5. The number of likely N-dealkylation sites (N-methyl/N-ethyl adjacent to an activating group) is 1. The third kappa shape index (κ3) is 4.69. The fourth-order valence-corrected chi connectivity index (χ4v) is 4.30. The maximum Gasteiger partial charge on any atom is 0.203 e. The van der Waals surface area contributed by atoms with Gasteiger partial charge in [-0.15, -0.1) is 0 Å². The van der Waals surface area contributed by atoms with Crippen molar-refractivity contribution in [1.29, 1.82) is 0 Å². The van der Waals surface area contributed by atoms with Gasteiger partial charge < -0.3 is 24.2 Å². The zero-order valence-electron chi connectivity index (χ0n) is 18.9. The zero-order valence-corrected chi connectivity index (χ0v) is 18.9. The van der Waals surface area contributed by atoms with Crippen LogP contribution in [0.5, 0.6) is 17.2 Å². The van der Waals surface area contributed by atoms with E-state index in [2.05, 4.69) is 4.90 Å². The Morgan fingerprint density at radius 2 is 1.71 bits per heavy atom. The van der Waals surface area contributed by atoms with Crippen LogP contribution >= 0.6 is 0 Å². The summed E-state index contributed by atoms with van der Waals surface area (Å²) in [5, 5.41) is 11.8. The molecular weight excluding hydrogens is 396 g/mol. The molecule has 0 saturated carbocycles. The second kappa shape index (κ2) is 9.68. The minimum absolute atomic E-state index is 0.0799. The number of hydrogen-bond acceptors (Lipinski definition) is 7. The molecule has 168 valence electrons. The van der Waals surface area contributed by atoms with Gasteiger partial charge >= 0.3 is 0 Å². The first-order valence-corrected chi connectivity index (χ1v) is 10.3. The average Bonchev–Trinajstić information content (AvgIpc) is 2.79. The Hall–Kier alpha value is -2.61. The lowest BCUT2D eigenvalue weighted by atomic mass is 9.79. The summed E-state index contributed by atoms with van der Waals surface area (Å²) >= 11 is 0. The maximum absolute atomic E-state index is 12.7. The lowest BCUT2D eigenvalue weighted by Gasteiger charge is -2.47. The second-order valence-corrected chi connectivity index (χ2v) is 8.09. The third-order valence-electron chi connectivity index (χ3n) is 6.04. The molecule has 1 aliphatic rings. The van der Waals surface area contributed by atoms with Gasteiger partial charge in [0.1, 0.15) is 5.60 Å². The van der Waals surface area contributed by atoms with Crippen LogP contribution in [0.2, 0.25) is 0 Å². The van der Waals surface area contributed by atoms with Crippen LogP contribution in [-0.2, 0) is 5.60 Å². The van der Waals surface area contributed by atoms with Crippen LogP contribution in [0.4, 0.5) is 0 Å². The van der Waals surface area contributed by atoms with E-state index >= 15 is 0 Å². The Morgan fingerprint density at radius 3 is 2.23 bits per heavy atom.